The topological polar surface area (TPSA) is 80.9 Å². The Bertz CT molecular complexity index is 664. The monoisotopic (exact) mass is 262 g/mol. The summed E-state index contributed by atoms with van der Waals surface area (Å²) in [7, 11) is 0. The van der Waals surface area contributed by atoms with E-state index in [4.69, 9.17) is 5.11 Å². The van der Waals surface area contributed by atoms with Crippen molar-refractivity contribution in [1.82, 2.24) is 20.2 Å². The first-order valence-electron chi connectivity index (χ1n) is 5.90. The van der Waals surface area contributed by atoms with Crippen LogP contribution < -0.4 is 0 Å². The second kappa shape index (κ2) is 4.11. The smallest absolute Gasteiger partial charge is 0.338 e. The Hall–Kier alpha value is -2.31. The number of carbonyl (C=O) groups is 1. The van der Waals surface area contributed by atoms with Crippen molar-refractivity contribution in [2.75, 3.05) is 0 Å². The van der Waals surface area contributed by atoms with Gasteiger partial charge in [0, 0.05) is 5.92 Å². The molecule has 0 saturated heterocycles. The molecular formula is C12H11FN4O2. The van der Waals surface area contributed by atoms with Crippen LogP contribution >= 0.6 is 0 Å². The molecule has 3 rings (SSSR count). The van der Waals surface area contributed by atoms with Crippen LogP contribution in [0, 0.1) is 12.7 Å². The van der Waals surface area contributed by atoms with Gasteiger partial charge in [0.15, 0.2) is 5.82 Å². The van der Waals surface area contributed by atoms with Gasteiger partial charge in [-0.15, -0.1) is 15.0 Å². The van der Waals surface area contributed by atoms with Gasteiger partial charge in [-0.1, -0.05) is 0 Å². The molecule has 0 spiro atoms. The number of carboxylic acids is 1. The lowest BCUT2D eigenvalue weighted by Crippen LogP contribution is -2.07. The fraction of sp³-hybridized carbons (Fsp3) is 0.333. The Morgan fingerprint density at radius 1 is 1.47 bits per heavy atom. The predicted octanol–water partition coefficient (Wildman–Crippen LogP) is 1.69. The van der Waals surface area contributed by atoms with Crippen molar-refractivity contribution in [3.63, 3.8) is 0 Å². The van der Waals surface area contributed by atoms with Gasteiger partial charge in [0.25, 0.3) is 0 Å². The molecule has 0 unspecified atom stereocenters. The van der Waals surface area contributed by atoms with Gasteiger partial charge in [0.2, 0.25) is 0 Å². The van der Waals surface area contributed by atoms with Gasteiger partial charge >= 0.3 is 5.97 Å². The van der Waals surface area contributed by atoms with Crippen LogP contribution in [-0.4, -0.2) is 31.3 Å². The van der Waals surface area contributed by atoms with Crippen molar-refractivity contribution >= 4 is 5.97 Å². The SMILES string of the molecule is Cc1cc(F)c(C(=O)O)cc1-n1nnc(C2CC2)n1. The highest BCUT2D eigenvalue weighted by atomic mass is 19.1. The molecule has 1 aromatic heterocycles. The van der Waals surface area contributed by atoms with Crippen molar-refractivity contribution in [3.05, 3.63) is 34.9 Å². The fourth-order valence-electron chi connectivity index (χ4n) is 1.87. The van der Waals surface area contributed by atoms with E-state index in [-0.39, 0.29) is 0 Å². The van der Waals surface area contributed by atoms with Crippen molar-refractivity contribution in [2.45, 2.75) is 25.7 Å². The van der Waals surface area contributed by atoms with Crippen LogP contribution in [0.1, 0.15) is 40.5 Å². The number of tetrazole rings is 1. The van der Waals surface area contributed by atoms with Crippen LogP contribution in [0.4, 0.5) is 4.39 Å². The molecule has 0 aliphatic heterocycles. The Morgan fingerprint density at radius 2 is 2.21 bits per heavy atom. The maximum absolute atomic E-state index is 13.5. The van der Waals surface area contributed by atoms with Gasteiger partial charge in [-0.2, -0.15) is 0 Å². The Balaban J connectivity index is 2.07. The molecular weight excluding hydrogens is 251 g/mol. The molecule has 1 aliphatic carbocycles. The van der Waals surface area contributed by atoms with Crippen molar-refractivity contribution in [2.24, 2.45) is 0 Å². The number of rotatable bonds is 3. The molecule has 0 atom stereocenters. The summed E-state index contributed by atoms with van der Waals surface area (Å²) in [5.41, 5.74) is 0.589. The van der Waals surface area contributed by atoms with Crippen LogP contribution in [0.3, 0.4) is 0 Å². The van der Waals surface area contributed by atoms with E-state index in [0.717, 1.165) is 12.8 Å². The third-order valence-corrected chi connectivity index (χ3v) is 3.10. The van der Waals surface area contributed by atoms with Gasteiger partial charge < -0.3 is 5.11 Å². The summed E-state index contributed by atoms with van der Waals surface area (Å²) in [6.45, 7) is 1.67. The molecule has 1 aliphatic rings. The zero-order valence-corrected chi connectivity index (χ0v) is 10.2. The van der Waals surface area contributed by atoms with E-state index in [2.05, 4.69) is 15.4 Å². The second-order valence-electron chi connectivity index (χ2n) is 4.64. The number of carboxylic acid groups (broad SMARTS) is 1. The third kappa shape index (κ3) is 2.07. The molecule has 19 heavy (non-hydrogen) atoms. The maximum atomic E-state index is 13.5. The zero-order chi connectivity index (χ0) is 13.6. The third-order valence-electron chi connectivity index (χ3n) is 3.10. The standard InChI is InChI=1S/C12H11FN4O2/c1-6-4-9(13)8(12(18)19)5-10(6)17-15-11(14-16-17)7-2-3-7/h4-5,7H,2-3H2,1H3,(H,18,19). The number of nitrogens with zero attached hydrogens (tertiary/aromatic N) is 4. The molecule has 1 fully saturated rings. The normalized spacial score (nSPS) is 14.6. The van der Waals surface area contributed by atoms with E-state index in [9.17, 15) is 9.18 Å². The summed E-state index contributed by atoms with van der Waals surface area (Å²) in [6.07, 6.45) is 2.10. The maximum Gasteiger partial charge on any atom is 0.338 e. The predicted molar refractivity (Wildman–Crippen MR) is 62.8 cm³/mol. The highest BCUT2D eigenvalue weighted by Gasteiger charge is 2.28. The zero-order valence-electron chi connectivity index (χ0n) is 10.2. The number of aromatic carboxylic acids is 1. The van der Waals surface area contributed by atoms with Crippen LogP contribution in [-0.2, 0) is 0 Å². The Kier molecular flexibility index (Phi) is 2.55. The molecule has 0 radical (unpaired) electrons. The molecule has 7 heteroatoms. The minimum absolute atomic E-state index is 0.355. The molecule has 6 nitrogen and oxygen atoms in total. The fourth-order valence-corrected chi connectivity index (χ4v) is 1.87. The minimum Gasteiger partial charge on any atom is -0.478 e. The van der Waals surface area contributed by atoms with Gasteiger partial charge in [0.1, 0.15) is 5.82 Å². The Labute approximate surface area is 107 Å². The number of benzene rings is 1. The molecule has 98 valence electrons. The van der Waals surface area contributed by atoms with Crippen molar-refractivity contribution < 1.29 is 14.3 Å². The lowest BCUT2D eigenvalue weighted by atomic mass is 10.1. The van der Waals surface area contributed by atoms with Crippen molar-refractivity contribution in [1.29, 1.82) is 0 Å². The van der Waals surface area contributed by atoms with E-state index in [1.807, 2.05) is 0 Å². The van der Waals surface area contributed by atoms with E-state index in [0.29, 0.717) is 23.0 Å². The summed E-state index contributed by atoms with van der Waals surface area (Å²) in [4.78, 5) is 12.2. The summed E-state index contributed by atoms with van der Waals surface area (Å²) in [5, 5.41) is 21.0. The van der Waals surface area contributed by atoms with Gasteiger partial charge in [-0.3, -0.25) is 0 Å². The molecule has 1 N–H and O–H groups in total. The number of aryl methyl sites for hydroxylation is 1. The van der Waals surface area contributed by atoms with E-state index < -0.39 is 17.3 Å². The van der Waals surface area contributed by atoms with Gasteiger partial charge in [0.05, 0.1) is 11.3 Å². The first-order chi connectivity index (χ1) is 9.06. The van der Waals surface area contributed by atoms with E-state index in [1.54, 1.807) is 6.92 Å². The highest BCUT2D eigenvalue weighted by Crippen LogP contribution is 2.37. The Morgan fingerprint density at radius 3 is 2.84 bits per heavy atom. The number of halogens is 1. The summed E-state index contributed by atoms with van der Waals surface area (Å²) < 4.78 is 13.5. The first-order valence-corrected chi connectivity index (χ1v) is 5.90. The molecule has 1 aromatic carbocycles. The summed E-state index contributed by atoms with van der Waals surface area (Å²) in [6, 6.07) is 2.39. The molecule has 1 saturated carbocycles. The average Bonchev–Trinajstić information content (AvgIpc) is 3.08. The molecule has 2 aromatic rings. The quantitative estimate of drug-likeness (QED) is 0.910. The number of hydrogen-bond donors (Lipinski definition) is 1. The lowest BCUT2D eigenvalue weighted by molar-refractivity contribution is 0.0692. The van der Waals surface area contributed by atoms with E-state index in [1.165, 1.54) is 16.9 Å². The van der Waals surface area contributed by atoms with Crippen LogP contribution in [0.15, 0.2) is 12.1 Å². The van der Waals surface area contributed by atoms with Gasteiger partial charge in [-0.05, 0) is 42.7 Å². The molecule has 1 heterocycles. The van der Waals surface area contributed by atoms with Gasteiger partial charge in [-0.25, -0.2) is 9.18 Å². The van der Waals surface area contributed by atoms with E-state index >= 15 is 0 Å². The molecule has 0 amide bonds. The second-order valence-corrected chi connectivity index (χ2v) is 4.64. The van der Waals surface area contributed by atoms with Crippen LogP contribution in [0.5, 0.6) is 0 Å². The van der Waals surface area contributed by atoms with Crippen molar-refractivity contribution in [3.8, 4) is 5.69 Å². The minimum atomic E-state index is -1.32. The van der Waals surface area contributed by atoms with Crippen LogP contribution in [0.25, 0.3) is 5.69 Å². The largest absolute Gasteiger partial charge is 0.478 e. The molecule has 0 bridgehead atoms. The summed E-state index contributed by atoms with van der Waals surface area (Å²) in [5.74, 6) is -1.08. The highest BCUT2D eigenvalue weighted by molar-refractivity contribution is 5.88. The first kappa shape index (κ1) is 11.8. The average molecular weight is 262 g/mol. The number of aromatic nitrogens is 4. The lowest BCUT2D eigenvalue weighted by Gasteiger charge is -2.06. The van der Waals surface area contributed by atoms with Crippen LogP contribution in [0.2, 0.25) is 0 Å². The summed E-state index contributed by atoms with van der Waals surface area (Å²) >= 11 is 0. The number of hydrogen-bond acceptors (Lipinski definition) is 4.